The predicted molar refractivity (Wildman–Crippen MR) is 120 cm³/mol. The number of rotatable bonds is 7. The highest BCUT2D eigenvalue weighted by atomic mass is 32.2. The van der Waals surface area contributed by atoms with Crippen molar-refractivity contribution in [3.8, 4) is 17.2 Å². The Morgan fingerprint density at radius 3 is 2.23 bits per heavy atom. The maximum Gasteiger partial charge on any atom is 0.270 e. The Hall–Kier alpha value is -3.46. The number of anilines is 2. The van der Waals surface area contributed by atoms with Gasteiger partial charge >= 0.3 is 0 Å². The van der Waals surface area contributed by atoms with E-state index in [1.165, 1.54) is 27.4 Å². The maximum atomic E-state index is 13.4. The van der Waals surface area contributed by atoms with E-state index in [0.29, 0.717) is 39.8 Å². The van der Waals surface area contributed by atoms with E-state index in [9.17, 15) is 13.2 Å². The van der Waals surface area contributed by atoms with E-state index in [0.717, 1.165) is 4.31 Å². The van der Waals surface area contributed by atoms with Gasteiger partial charge in [0.2, 0.25) is 0 Å². The molecule has 1 aliphatic heterocycles. The van der Waals surface area contributed by atoms with Crippen molar-refractivity contribution in [2.45, 2.75) is 6.92 Å². The molecule has 0 aromatic heterocycles. The Labute approximate surface area is 181 Å². The summed E-state index contributed by atoms with van der Waals surface area (Å²) >= 11 is 0. The van der Waals surface area contributed by atoms with Crippen molar-refractivity contribution in [2.24, 2.45) is 0 Å². The van der Waals surface area contributed by atoms with E-state index in [4.69, 9.17) is 14.2 Å². The third kappa shape index (κ3) is 3.96. The normalized spacial score (nSPS) is 14.5. The summed E-state index contributed by atoms with van der Waals surface area (Å²) in [4.78, 5) is 12.8. The van der Waals surface area contributed by atoms with E-state index in [1.54, 1.807) is 43.3 Å². The summed E-state index contributed by atoms with van der Waals surface area (Å²) in [6.07, 6.45) is 1.46. The number of nitrogens with one attached hydrogen (secondary N) is 1. The van der Waals surface area contributed by atoms with Crippen molar-refractivity contribution in [1.29, 1.82) is 0 Å². The van der Waals surface area contributed by atoms with Crippen LogP contribution in [0.1, 0.15) is 12.5 Å². The van der Waals surface area contributed by atoms with Gasteiger partial charge < -0.3 is 19.5 Å². The Balaban J connectivity index is 2.15. The van der Waals surface area contributed by atoms with Crippen LogP contribution in [-0.4, -0.2) is 42.2 Å². The summed E-state index contributed by atoms with van der Waals surface area (Å²) < 4.78 is 43.8. The van der Waals surface area contributed by atoms with Gasteiger partial charge in [-0.25, -0.2) is 8.42 Å². The first-order valence-electron chi connectivity index (χ1n) is 9.34. The second kappa shape index (κ2) is 8.73. The van der Waals surface area contributed by atoms with Crippen LogP contribution in [0, 0.1) is 0 Å². The Bertz CT molecular complexity index is 1150. The van der Waals surface area contributed by atoms with Gasteiger partial charge in [-0.3, -0.25) is 9.10 Å². The molecule has 0 radical (unpaired) electrons. The van der Waals surface area contributed by atoms with Gasteiger partial charge in [0.15, 0.2) is 16.4 Å². The summed E-state index contributed by atoms with van der Waals surface area (Å²) in [5, 5.41) is 2.65. The Kier molecular flexibility index (Phi) is 6.26. The molecular formula is C22H24N2O6S. The van der Waals surface area contributed by atoms with Gasteiger partial charge in [0, 0.05) is 17.3 Å². The molecule has 0 aliphatic carbocycles. The topological polar surface area (TPSA) is 94.2 Å². The minimum Gasteiger partial charge on any atom is -0.497 e. The number of amides is 1. The summed E-state index contributed by atoms with van der Waals surface area (Å²) in [7, 11) is 0.332. The maximum absolute atomic E-state index is 13.4. The summed E-state index contributed by atoms with van der Waals surface area (Å²) in [6, 6.07) is 9.84. The van der Waals surface area contributed by atoms with Gasteiger partial charge in [-0.1, -0.05) is 6.08 Å². The zero-order valence-electron chi connectivity index (χ0n) is 17.8. The quantitative estimate of drug-likeness (QED) is 0.658. The van der Waals surface area contributed by atoms with Crippen molar-refractivity contribution in [3.63, 3.8) is 0 Å². The first-order chi connectivity index (χ1) is 14.8. The molecule has 0 saturated carbocycles. The first-order valence-corrected chi connectivity index (χ1v) is 10.8. The van der Waals surface area contributed by atoms with E-state index < -0.39 is 15.9 Å². The fourth-order valence-electron chi connectivity index (χ4n) is 3.39. The predicted octanol–water partition coefficient (Wildman–Crippen LogP) is 3.42. The third-order valence-corrected chi connectivity index (χ3v) is 6.85. The van der Waals surface area contributed by atoms with Crippen LogP contribution >= 0.6 is 0 Å². The molecule has 0 fully saturated rings. The molecule has 1 heterocycles. The molecule has 0 atom stereocenters. The highest BCUT2D eigenvalue weighted by Gasteiger charge is 2.39. The second-order valence-corrected chi connectivity index (χ2v) is 8.49. The molecule has 9 heteroatoms. The van der Waals surface area contributed by atoms with Gasteiger partial charge in [0.1, 0.15) is 5.75 Å². The minimum absolute atomic E-state index is 0.0165. The lowest BCUT2D eigenvalue weighted by Gasteiger charge is -2.32. The number of nitrogens with zero attached hydrogens (tertiary/aromatic N) is 1. The zero-order chi connectivity index (χ0) is 22.8. The molecule has 2 aromatic carbocycles. The molecule has 0 bridgehead atoms. The molecule has 0 saturated heterocycles. The van der Waals surface area contributed by atoms with Gasteiger partial charge in [-0.15, -0.1) is 6.58 Å². The van der Waals surface area contributed by atoms with Crippen molar-refractivity contribution >= 4 is 32.9 Å². The van der Waals surface area contributed by atoms with Crippen molar-refractivity contribution in [1.82, 2.24) is 0 Å². The van der Waals surface area contributed by atoms with Crippen LogP contribution in [0.25, 0.3) is 5.57 Å². The van der Waals surface area contributed by atoms with Gasteiger partial charge in [0.25, 0.3) is 15.9 Å². The number of fused-ring (bicyclic) bond motifs is 1. The lowest BCUT2D eigenvalue weighted by atomic mass is 10.0. The van der Waals surface area contributed by atoms with Crippen molar-refractivity contribution in [2.75, 3.05) is 37.5 Å². The molecular weight excluding hydrogens is 420 g/mol. The lowest BCUT2D eigenvalue weighted by Crippen LogP contribution is -2.39. The number of ether oxygens (including phenoxy) is 3. The number of hydrogen-bond acceptors (Lipinski definition) is 6. The molecule has 2 aromatic rings. The fraction of sp³-hybridized carbons (Fsp3) is 0.227. The molecule has 3 rings (SSSR count). The van der Waals surface area contributed by atoms with Gasteiger partial charge in [0.05, 0.1) is 33.6 Å². The molecule has 1 aliphatic rings. The molecule has 0 spiro atoms. The number of sulfonamides is 1. The van der Waals surface area contributed by atoms with Crippen LogP contribution < -0.4 is 23.8 Å². The van der Waals surface area contributed by atoms with Crippen LogP contribution in [-0.2, 0) is 14.8 Å². The molecule has 164 valence electrons. The number of benzene rings is 2. The molecule has 0 unspecified atom stereocenters. The largest absolute Gasteiger partial charge is 0.497 e. The average Bonchev–Trinajstić information content (AvgIpc) is 2.76. The number of carbonyl (C=O) groups is 1. The molecule has 31 heavy (non-hydrogen) atoms. The Morgan fingerprint density at radius 1 is 1.06 bits per heavy atom. The van der Waals surface area contributed by atoms with Crippen molar-refractivity contribution < 1.29 is 27.4 Å². The third-order valence-electron chi connectivity index (χ3n) is 4.91. The van der Waals surface area contributed by atoms with Crippen LogP contribution in [0.3, 0.4) is 0 Å². The SMILES string of the molecule is C=CCN1c2cc(OC)c(OC)cc2C(C)=C(C(=O)Nc2ccc(OC)cc2)S1(=O)=O. The van der Waals surface area contributed by atoms with E-state index in [2.05, 4.69) is 11.9 Å². The van der Waals surface area contributed by atoms with Gasteiger partial charge in [-0.2, -0.15) is 0 Å². The average molecular weight is 445 g/mol. The number of hydrogen-bond donors (Lipinski definition) is 1. The zero-order valence-corrected chi connectivity index (χ0v) is 18.6. The highest BCUT2D eigenvalue weighted by Crippen LogP contribution is 2.45. The van der Waals surface area contributed by atoms with Crippen LogP contribution in [0.4, 0.5) is 11.4 Å². The summed E-state index contributed by atoms with van der Waals surface area (Å²) in [5.74, 6) is 0.681. The summed E-state index contributed by atoms with van der Waals surface area (Å²) in [6.45, 7) is 5.23. The summed E-state index contributed by atoms with van der Waals surface area (Å²) in [5.41, 5.74) is 1.68. The van der Waals surface area contributed by atoms with Crippen LogP contribution in [0.15, 0.2) is 54.0 Å². The molecule has 1 N–H and O–H groups in total. The first kappa shape index (κ1) is 22.2. The highest BCUT2D eigenvalue weighted by molar-refractivity contribution is 7.97. The molecule has 1 amide bonds. The van der Waals surface area contributed by atoms with E-state index >= 15 is 0 Å². The second-order valence-electron chi connectivity index (χ2n) is 6.69. The fourth-order valence-corrected chi connectivity index (χ4v) is 5.11. The Morgan fingerprint density at radius 2 is 1.68 bits per heavy atom. The van der Waals surface area contributed by atoms with E-state index in [-0.39, 0.29) is 11.4 Å². The number of carbonyl (C=O) groups excluding carboxylic acids is 1. The number of allylic oxidation sites excluding steroid dienone is 1. The smallest absolute Gasteiger partial charge is 0.270 e. The van der Waals surface area contributed by atoms with Crippen LogP contribution in [0.5, 0.6) is 17.2 Å². The van der Waals surface area contributed by atoms with Crippen LogP contribution in [0.2, 0.25) is 0 Å². The van der Waals surface area contributed by atoms with E-state index in [1.807, 2.05) is 0 Å². The van der Waals surface area contributed by atoms with Crippen molar-refractivity contribution in [3.05, 3.63) is 59.5 Å². The minimum atomic E-state index is -4.16. The lowest BCUT2D eigenvalue weighted by molar-refractivity contribution is -0.112. The van der Waals surface area contributed by atoms with Gasteiger partial charge in [-0.05, 0) is 42.8 Å². The molecule has 8 nitrogen and oxygen atoms in total. The number of methoxy groups -OCH3 is 3. The standard InChI is InChI=1S/C22H24N2O6S/c1-6-11-24-18-13-20(30-5)19(29-4)12-17(18)14(2)21(31(24,26)27)22(25)23-15-7-9-16(28-3)10-8-15/h6-10,12-13H,1,11H2,2-5H3,(H,23,25). The monoisotopic (exact) mass is 444 g/mol.